The van der Waals surface area contributed by atoms with E-state index in [1.807, 2.05) is 0 Å². The van der Waals surface area contributed by atoms with E-state index in [4.69, 9.17) is 5.73 Å². The van der Waals surface area contributed by atoms with Crippen molar-refractivity contribution in [1.29, 1.82) is 0 Å². The maximum absolute atomic E-state index is 5.80. The fourth-order valence-electron chi connectivity index (χ4n) is 2.29. The minimum Gasteiger partial charge on any atom is -0.383 e. The van der Waals surface area contributed by atoms with Crippen molar-refractivity contribution in [2.45, 2.75) is 34.1 Å². The minimum atomic E-state index is 0.402. The second-order valence-electron chi connectivity index (χ2n) is 5.80. The smallest absolute Gasteiger partial charge is 0.142 e. The Morgan fingerprint density at radius 3 is 2.56 bits per heavy atom. The molecular weight excluding hydrogens is 218 g/mol. The first-order chi connectivity index (χ1) is 7.39. The summed E-state index contributed by atoms with van der Waals surface area (Å²) < 4.78 is 4.23. The third-order valence-electron chi connectivity index (χ3n) is 3.64. The third kappa shape index (κ3) is 2.03. The van der Waals surface area contributed by atoms with Gasteiger partial charge in [-0.05, 0) is 36.2 Å². The second kappa shape index (κ2) is 3.91. The molecule has 1 aliphatic rings. The van der Waals surface area contributed by atoms with E-state index in [2.05, 4.69) is 37.0 Å². The van der Waals surface area contributed by atoms with Crippen LogP contribution in [0.15, 0.2) is 0 Å². The van der Waals surface area contributed by atoms with Crippen molar-refractivity contribution in [2.75, 3.05) is 23.7 Å². The number of hydrogen-bond acceptors (Lipinski definition) is 4. The van der Waals surface area contributed by atoms with Crippen molar-refractivity contribution in [3.8, 4) is 0 Å². The van der Waals surface area contributed by atoms with E-state index in [9.17, 15) is 0 Å². The third-order valence-corrected chi connectivity index (χ3v) is 4.66. The molecule has 2 heterocycles. The normalized spacial score (nSPS) is 21.8. The molecule has 1 aromatic rings. The van der Waals surface area contributed by atoms with Crippen molar-refractivity contribution in [3.05, 3.63) is 5.56 Å². The van der Waals surface area contributed by atoms with Crippen molar-refractivity contribution in [1.82, 2.24) is 4.37 Å². The lowest BCUT2D eigenvalue weighted by Crippen LogP contribution is -2.25. The van der Waals surface area contributed by atoms with Crippen molar-refractivity contribution in [3.63, 3.8) is 0 Å². The lowest BCUT2D eigenvalue weighted by molar-refractivity contribution is 0.263. The fraction of sp³-hybridized carbons (Fsp3) is 0.750. The molecule has 0 saturated carbocycles. The summed E-state index contributed by atoms with van der Waals surface area (Å²) in [6, 6.07) is 0. The molecule has 90 valence electrons. The molecule has 0 bridgehead atoms. The summed E-state index contributed by atoms with van der Waals surface area (Å²) in [6.07, 6.45) is 1.28. The molecule has 1 saturated heterocycles. The van der Waals surface area contributed by atoms with Crippen LogP contribution in [0, 0.1) is 18.3 Å². The molecule has 0 aromatic carbocycles. The molecule has 1 aromatic heterocycles. The fourth-order valence-corrected chi connectivity index (χ4v) is 3.13. The van der Waals surface area contributed by atoms with Gasteiger partial charge in [0.05, 0.1) is 0 Å². The summed E-state index contributed by atoms with van der Waals surface area (Å²) in [4.78, 5) is 2.44. The largest absolute Gasteiger partial charge is 0.383 e. The molecule has 2 N–H and O–H groups in total. The van der Waals surface area contributed by atoms with Gasteiger partial charge < -0.3 is 10.6 Å². The Bertz CT molecular complexity index is 378. The number of hydrogen-bond donors (Lipinski definition) is 1. The monoisotopic (exact) mass is 239 g/mol. The summed E-state index contributed by atoms with van der Waals surface area (Å²) in [5.41, 5.74) is 7.36. The van der Waals surface area contributed by atoms with Crippen LogP contribution in [0.1, 0.15) is 32.8 Å². The van der Waals surface area contributed by atoms with E-state index in [0.29, 0.717) is 11.2 Å². The molecule has 16 heavy (non-hydrogen) atoms. The van der Waals surface area contributed by atoms with Crippen LogP contribution in [0.4, 0.5) is 10.8 Å². The Hall–Kier alpha value is -0.770. The summed E-state index contributed by atoms with van der Waals surface area (Å²) in [6.45, 7) is 11.3. The number of anilines is 2. The van der Waals surface area contributed by atoms with Gasteiger partial charge >= 0.3 is 0 Å². The molecular formula is C12H21N3S. The van der Waals surface area contributed by atoms with Crippen LogP contribution in [0.5, 0.6) is 0 Å². The van der Waals surface area contributed by atoms with Gasteiger partial charge in [-0.3, -0.25) is 0 Å². The second-order valence-corrected chi connectivity index (χ2v) is 6.55. The van der Waals surface area contributed by atoms with E-state index in [-0.39, 0.29) is 0 Å². The van der Waals surface area contributed by atoms with Gasteiger partial charge in [0.2, 0.25) is 0 Å². The van der Waals surface area contributed by atoms with Gasteiger partial charge in [-0.15, -0.1) is 0 Å². The van der Waals surface area contributed by atoms with Crippen LogP contribution in [0.2, 0.25) is 0 Å². The standard InChI is InChI=1S/C12H21N3S/c1-8-10(13)14-16-11(8)15-6-5-9(7-15)12(2,3)4/h9H,5-7H2,1-4H3,(H2,13,14). The molecule has 1 fully saturated rings. The average Bonchev–Trinajstić information content (AvgIpc) is 2.74. The molecule has 0 spiro atoms. The van der Waals surface area contributed by atoms with Crippen LogP contribution in [0.3, 0.4) is 0 Å². The predicted octanol–water partition coefficient (Wildman–Crippen LogP) is 2.91. The maximum Gasteiger partial charge on any atom is 0.142 e. The van der Waals surface area contributed by atoms with Crippen molar-refractivity contribution in [2.24, 2.45) is 11.3 Å². The molecule has 1 atom stereocenters. The first-order valence-electron chi connectivity index (χ1n) is 5.86. The van der Waals surface area contributed by atoms with Crippen LogP contribution in [-0.4, -0.2) is 17.5 Å². The summed E-state index contributed by atoms with van der Waals surface area (Å²) >= 11 is 1.54. The molecule has 0 radical (unpaired) electrons. The number of rotatable bonds is 1. The molecule has 1 unspecified atom stereocenters. The lowest BCUT2D eigenvalue weighted by atomic mass is 9.80. The maximum atomic E-state index is 5.80. The summed E-state index contributed by atoms with van der Waals surface area (Å²) in [5, 5.41) is 1.27. The van der Waals surface area contributed by atoms with E-state index >= 15 is 0 Å². The Morgan fingerprint density at radius 2 is 2.12 bits per heavy atom. The van der Waals surface area contributed by atoms with Gasteiger partial charge in [-0.25, -0.2) is 0 Å². The number of nitrogens with two attached hydrogens (primary N) is 1. The molecule has 3 nitrogen and oxygen atoms in total. The van der Waals surface area contributed by atoms with Crippen LogP contribution in [-0.2, 0) is 0 Å². The topological polar surface area (TPSA) is 42.1 Å². The van der Waals surface area contributed by atoms with Gasteiger partial charge in [0.1, 0.15) is 10.8 Å². The van der Waals surface area contributed by atoms with Gasteiger partial charge in [-0.1, -0.05) is 20.8 Å². The summed E-state index contributed by atoms with van der Waals surface area (Å²) in [7, 11) is 0. The zero-order chi connectivity index (χ0) is 11.9. The number of nitrogens with zero attached hydrogens (tertiary/aromatic N) is 2. The predicted molar refractivity (Wildman–Crippen MR) is 71.0 cm³/mol. The van der Waals surface area contributed by atoms with E-state index in [1.165, 1.54) is 23.0 Å². The highest BCUT2D eigenvalue weighted by molar-refractivity contribution is 7.10. The molecule has 4 heteroatoms. The Morgan fingerprint density at radius 1 is 1.44 bits per heavy atom. The van der Waals surface area contributed by atoms with Crippen molar-refractivity contribution < 1.29 is 0 Å². The zero-order valence-corrected chi connectivity index (χ0v) is 11.4. The van der Waals surface area contributed by atoms with Crippen molar-refractivity contribution >= 4 is 22.4 Å². The Balaban J connectivity index is 2.12. The zero-order valence-electron chi connectivity index (χ0n) is 10.6. The van der Waals surface area contributed by atoms with E-state index in [1.54, 1.807) is 0 Å². The molecule has 2 rings (SSSR count). The van der Waals surface area contributed by atoms with Gasteiger partial charge in [0, 0.05) is 18.7 Å². The number of nitrogen functional groups attached to an aromatic ring is 1. The van der Waals surface area contributed by atoms with Gasteiger partial charge in [-0.2, -0.15) is 4.37 Å². The van der Waals surface area contributed by atoms with Gasteiger partial charge in [0.15, 0.2) is 0 Å². The Kier molecular flexibility index (Phi) is 2.86. The molecule has 0 amide bonds. The quantitative estimate of drug-likeness (QED) is 0.819. The lowest BCUT2D eigenvalue weighted by Gasteiger charge is -2.27. The first kappa shape index (κ1) is 11.7. The highest BCUT2D eigenvalue weighted by Gasteiger charge is 2.33. The number of aromatic nitrogens is 1. The highest BCUT2D eigenvalue weighted by Crippen LogP contribution is 2.38. The van der Waals surface area contributed by atoms with E-state index < -0.39 is 0 Å². The van der Waals surface area contributed by atoms with E-state index in [0.717, 1.165) is 24.6 Å². The van der Waals surface area contributed by atoms with Crippen LogP contribution >= 0.6 is 11.5 Å². The molecule has 0 aliphatic carbocycles. The highest BCUT2D eigenvalue weighted by atomic mass is 32.1. The average molecular weight is 239 g/mol. The Labute approximate surface area is 102 Å². The van der Waals surface area contributed by atoms with Crippen LogP contribution < -0.4 is 10.6 Å². The summed E-state index contributed by atoms with van der Waals surface area (Å²) in [5.74, 6) is 1.47. The van der Waals surface area contributed by atoms with Gasteiger partial charge in [0.25, 0.3) is 0 Å². The van der Waals surface area contributed by atoms with Crippen LogP contribution in [0.25, 0.3) is 0 Å². The minimum absolute atomic E-state index is 0.402. The first-order valence-corrected chi connectivity index (χ1v) is 6.63. The SMILES string of the molecule is Cc1c(N)nsc1N1CCC(C(C)(C)C)C1. The molecule has 1 aliphatic heterocycles.